The van der Waals surface area contributed by atoms with Crippen LogP contribution in [0.15, 0.2) is 53.4 Å². The molecule has 0 saturated carbocycles. The number of nitrogens with one attached hydrogen (secondary N) is 1. The molecule has 0 bridgehead atoms. The summed E-state index contributed by atoms with van der Waals surface area (Å²) in [7, 11) is -0.810. The number of fused-ring (bicyclic) bond motifs is 1. The largest absolute Gasteiger partial charge is 0.497 e. The number of amides is 1. The molecule has 1 fully saturated rings. The number of methoxy groups -OCH3 is 2. The fourth-order valence-corrected chi connectivity index (χ4v) is 6.59. The van der Waals surface area contributed by atoms with Crippen LogP contribution in [-0.2, 0) is 10.0 Å². The van der Waals surface area contributed by atoms with Crippen LogP contribution in [-0.4, -0.2) is 60.5 Å². The van der Waals surface area contributed by atoms with E-state index in [4.69, 9.17) is 9.47 Å². The van der Waals surface area contributed by atoms with Crippen LogP contribution in [0.25, 0.3) is 16.8 Å². The maximum Gasteiger partial charge on any atom is 0.276 e. The zero-order valence-corrected chi connectivity index (χ0v) is 23.2. The molecule has 0 atom stereocenters. The molecule has 2 aromatic carbocycles. The van der Waals surface area contributed by atoms with Gasteiger partial charge in [-0.2, -0.15) is 9.40 Å². The first-order valence-electron chi connectivity index (χ1n) is 12.7. The van der Waals surface area contributed by atoms with Crippen LogP contribution in [0, 0.1) is 13.8 Å². The summed E-state index contributed by atoms with van der Waals surface area (Å²) in [6.45, 7) is 4.66. The first kappa shape index (κ1) is 26.6. The van der Waals surface area contributed by atoms with Crippen LogP contribution in [0.3, 0.4) is 0 Å². The predicted molar refractivity (Wildman–Crippen MR) is 148 cm³/mol. The van der Waals surface area contributed by atoms with Crippen molar-refractivity contribution in [3.05, 3.63) is 65.6 Å². The van der Waals surface area contributed by atoms with Crippen LogP contribution in [0.1, 0.15) is 41.1 Å². The Balaban J connectivity index is 1.66. The van der Waals surface area contributed by atoms with E-state index in [-0.39, 0.29) is 16.3 Å². The molecule has 1 N–H and O–H groups in total. The van der Waals surface area contributed by atoms with Crippen molar-refractivity contribution in [3.8, 4) is 22.6 Å². The van der Waals surface area contributed by atoms with Gasteiger partial charge in [0.05, 0.1) is 19.8 Å². The average molecular weight is 550 g/mol. The lowest BCUT2D eigenvalue weighted by molar-refractivity contribution is 0.102. The van der Waals surface area contributed by atoms with Crippen molar-refractivity contribution in [2.75, 3.05) is 32.6 Å². The molecule has 3 heterocycles. The number of hydrogen-bond acceptors (Lipinski definition) is 7. The summed E-state index contributed by atoms with van der Waals surface area (Å²) in [6, 6.07) is 13.7. The molecule has 11 heteroatoms. The van der Waals surface area contributed by atoms with Crippen LogP contribution in [0.2, 0.25) is 0 Å². The monoisotopic (exact) mass is 549 g/mol. The SMILES string of the molecule is COc1ccc(NC(=O)c2nn3c(C)cc(C)nc3c2-c2ccc(OC)c(S(=O)(=O)N3CCCCC3)c2)cc1. The van der Waals surface area contributed by atoms with E-state index in [1.807, 2.05) is 19.9 Å². The number of piperidine rings is 1. The molecular weight excluding hydrogens is 518 g/mol. The molecule has 5 rings (SSSR count). The summed E-state index contributed by atoms with van der Waals surface area (Å²) < 4.78 is 41.2. The molecule has 0 radical (unpaired) electrons. The molecule has 1 saturated heterocycles. The molecule has 1 aliphatic heterocycles. The summed E-state index contributed by atoms with van der Waals surface area (Å²) in [5.74, 6) is 0.455. The van der Waals surface area contributed by atoms with Gasteiger partial charge >= 0.3 is 0 Å². The van der Waals surface area contributed by atoms with Gasteiger partial charge in [-0.25, -0.2) is 17.9 Å². The second kappa shape index (κ2) is 10.7. The van der Waals surface area contributed by atoms with E-state index in [0.717, 1.165) is 30.7 Å². The number of nitrogens with zero attached hydrogens (tertiary/aromatic N) is 4. The normalized spacial score (nSPS) is 14.4. The van der Waals surface area contributed by atoms with Gasteiger partial charge in [0.25, 0.3) is 5.91 Å². The fraction of sp³-hybridized carbons (Fsp3) is 0.321. The van der Waals surface area contributed by atoms with E-state index in [1.165, 1.54) is 11.4 Å². The minimum Gasteiger partial charge on any atom is -0.497 e. The second-order valence-electron chi connectivity index (χ2n) is 9.51. The molecule has 10 nitrogen and oxygen atoms in total. The number of aromatic nitrogens is 3. The van der Waals surface area contributed by atoms with Crippen molar-refractivity contribution < 1.29 is 22.7 Å². The van der Waals surface area contributed by atoms with Gasteiger partial charge in [-0.05, 0) is 74.7 Å². The summed E-state index contributed by atoms with van der Waals surface area (Å²) in [4.78, 5) is 18.3. The Bertz CT molecular complexity index is 1640. The highest BCUT2D eigenvalue weighted by Crippen LogP contribution is 2.36. The molecule has 0 spiro atoms. The van der Waals surface area contributed by atoms with E-state index < -0.39 is 15.9 Å². The number of rotatable bonds is 7. The summed E-state index contributed by atoms with van der Waals surface area (Å²) in [5, 5.41) is 7.49. The number of carbonyl (C=O) groups is 1. The van der Waals surface area contributed by atoms with Gasteiger partial charge in [-0.3, -0.25) is 4.79 Å². The molecular formula is C28H31N5O5S. The van der Waals surface area contributed by atoms with Gasteiger partial charge in [0.2, 0.25) is 10.0 Å². The molecule has 4 aromatic rings. The lowest BCUT2D eigenvalue weighted by atomic mass is 10.0. The Hall–Kier alpha value is -3.96. The highest BCUT2D eigenvalue weighted by molar-refractivity contribution is 7.89. The van der Waals surface area contributed by atoms with Crippen molar-refractivity contribution in [2.24, 2.45) is 0 Å². The molecule has 0 aliphatic carbocycles. The molecule has 204 valence electrons. The van der Waals surface area contributed by atoms with E-state index >= 15 is 0 Å². The van der Waals surface area contributed by atoms with Crippen molar-refractivity contribution in [1.82, 2.24) is 18.9 Å². The summed E-state index contributed by atoms with van der Waals surface area (Å²) in [5.41, 5.74) is 3.62. The van der Waals surface area contributed by atoms with Crippen LogP contribution >= 0.6 is 0 Å². The third kappa shape index (κ3) is 5.07. The van der Waals surface area contributed by atoms with E-state index in [2.05, 4.69) is 15.4 Å². The van der Waals surface area contributed by atoms with E-state index in [0.29, 0.717) is 41.3 Å². The minimum absolute atomic E-state index is 0.0506. The number of anilines is 1. The molecule has 39 heavy (non-hydrogen) atoms. The molecule has 2 aromatic heterocycles. The second-order valence-corrected chi connectivity index (χ2v) is 11.4. The lowest BCUT2D eigenvalue weighted by Crippen LogP contribution is -2.35. The van der Waals surface area contributed by atoms with E-state index in [1.54, 1.807) is 54.1 Å². The van der Waals surface area contributed by atoms with Gasteiger partial charge in [0.15, 0.2) is 11.3 Å². The lowest BCUT2D eigenvalue weighted by Gasteiger charge is -2.26. The van der Waals surface area contributed by atoms with Crippen molar-refractivity contribution in [3.63, 3.8) is 0 Å². The predicted octanol–water partition coefficient (Wildman–Crippen LogP) is 4.46. The first-order chi connectivity index (χ1) is 18.7. The van der Waals surface area contributed by atoms with Gasteiger partial charge in [0.1, 0.15) is 16.4 Å². The Morgan fingerprint density at radius 3 is 2.33 bits per heavy atom. The highest BCUT2D eigenvalue weighted by atomic mass is 32.2. The molecule has 1 aliphatic rings. The fourth-order valence-electron chi connectivity index (χ4n) is 4.89. The van der Waals surface area contributed by atoms with Crippen LogP contribution < -0.4 is 14.8 Å². The maximum absolute atomic E-state index is 13.7. The third-order valence-corrected chi connectivity index (χ3v) is 8.76. The Morgan fingerprint density at radius 2 is 1.67 bits per heavy atom. The Morgan fingerprint density at radius 1 is 0.949 bits per heavy atom. The van der Waals surface area contributed by atoms with Gasteiger partial charge in [-0.1, -0.05) is 12.5 Å². The van der Waals surface area contributed by atoms with Crippen LogP contribution in [0.4, 0.5) is 5.69 Å². The standard InChI is InChI=1S/C28H31N5O5S/c1-18-16-19(2)33-27(29-18)25(26(31-33)28(34)30-21-9-11-22(37-3)12-10-21)20-8-13-23(38-4)24(17-20)39(35,36)32-14-6-5-7-15-32/h8-13,16-17H,5-7,14-15H2,1-4H3,(H,30,34). The maximum atomic E-state index is 13.7. The van der Waals surface area contributed by atoms with Crippen molar-refractivity contribution >= 4 is 27.3 Å². The topological polar surface area (TPSA) is 115 Å². The highest BCUT2D eigenvalue weighted by Gasteiger charge is 2.31. The van der Waals surface area contributed by atoms with E-state index in [9.17, 15) is 13.2 Å². The number of benzene rings is 2. The Kier molecular flexibility index (Phi) is 7.28. The van der Waals surface area contributed by atoms with Gasteiger partial charge in [-0.15, -0.1) is 0 Å². The number of hydrogen-bond donors (Lipinski definition) is 1. The number of ether oxygens (including phenoxy) is 2. The zero-order valence-electron chi connectivity index (χ0n) is 22.4. The van der Waals surface area contributed by atoms with Gasteiger partial charge in [0, 0.05) is 30.2 Å². The number of aryl methyl sites for hydroxylation is 2. The quantitative estimate of drug-likeness (QED) is 0.362. The third-order valence-electron chi connectivity index (χ3n) is 6.84. The first-order valence-corrected chi connectivity index (χ1v) is 14.2. The number of sulfonamides is 1. The summed E-state index contributed by atoms with van der Waals surface area (Å²) >= 11 is 0. The Labute approximate surface area is 227 Å². The smallest absolute Gasteiger partial charge is 0.276 e. The zero-order chi connectivity index (χ0) is 27.7. The molecule has 0 unspecified atom stereocenters. The summed E-state index contributed by atoms with van der Waals surface area (Å²) in [6.07, 6.45) is 2.63. The molecule has 1 amide bonds. The average Bonchev–Trinajstić information content (AvgIpc) is 3.33. The minimum atomic E-state index is -3.83. The van der Waals surface area contributed by atoms with Gasteiger partial charge < -0.3 is 14.8 Å². The number of carbonyl (C=O) groups excluding carboxylic acids is 1. The van der Waals surface area contributed by atoms with Crippen LogP contribution in [0.5, 0.6) is 11.5 Å². The van der Waals surface area contributed by atoms with Crippen molar-refractivity contribution in [2.45, 2.75) is 38.0 Å². The van der Waals surface area contributed by atoms with Crippen molar-refractivity contribution in [1.29, 1.82) is 0 Å².